The third-order valence-corrected chi connectivity index (χ3v) is 5.29. The maximum absolute atomic E-state index is 13.8. The van der Waals surface area contributed by atoms with Crippen LogP contribution in [0.2, 0.25) is 0 Å². The molecule has 0 saturated carbocycles. The molecule has 2 saturated heterocycles. The van der Waals surface area contributed by atoms with E-state index < -0.39 is 41.2 Å². The summed E-state index contributed by atoms with van der Waals surface area (Å²) in [6.45, 7) is 0.144. The molecular formula is C21H19F2N3O3. The zero-order valence-electron chi connectivity index (χ0n) is 15.4. The van der Waals surface area contributed by atoms with Crippen molar-refractivity contribution in [3.05, 3.63) is 71.3 Å². The van der Waals surface area contributed by atoms with Gasteiger partial charge in [-0.1, -0.05) is 30.3 Å². The molecule has 0 aromatic heterocycles. The van der Waals surface area contributed by atoms with Crippen molar-refractivity contribution in [1.29, 1.82) is 0 Å². The monoisotopic (exact) mass is 399 g/mol. The van der Waals surface area contributed by atoms with Crippen molar-refractivity contribution in [2.45, 2.75) is 31.0 Å². The summed E-state index contributed by atoms with van der Waals surface area (Å²) in [4.78, 5) is 39.1. The topological polar surface area (TPSA) is 78.5 Å². The molecule has 3 atom stereocenters. The average molecular weight is 399 g/mol. The fraction of sp³-hybridized carbons (Fsp3) is 0.286. The van der Waals surface area contributed by atoms with Gasteiger partial charge in [-0.05, 0) is 30.2 Å². The normalized spacial score (nSPS) is 23.5. The molecule has 2 fully saturated rings. The molecule has 2 aromatic carbocycles. The summed E-state index contributed by atoms with van der Waals surface area (Å²) in [5, 5.41) is 5.36. The largest absolute Gasteiger partial charge is 0.347 e. The fourth-order valence-corrected chi connectivity index (χ4v) is 3.89. The summed E-state index contributed by atoms with van der Waals surface area (Å²) in [6.07, 6.45) is 0.596. The second-order valence-electron chi connectivity index (χ2n) is 7.29. The quantitative estimate of drug-likeness (QED) is 0.816. The first-order valence-electron chi connectivity index (χ1n) is 9.33. The van der Waals surface area contributed by atoms with E-state index in [0.29, 0.717) is 6.42 Å². The van der Waals surface area contributed by atoms with Crippen LogP contribution in [0.15, 0.2) is 48.5 Å². The number of amides is 3. The molecular weight excluding hydrogens is 380 g/mol. The van der Waals surface area contributed by atoms with Crippen molar-refractivity contribution in [2.24, 2.45) is 0 Å². The van der Waals surface area contributed by atoms with E-state index in [1.165, 1.54) is 4.90 Å². The predicted octanol–water partition coefficient (Wildman–Crippen LogP) is 1.41. The molecule has 0 radical (unpaired) electrons. The molecule has 3 amide bonds. The van der Waals surface area contributed by atoms with Crippen LogP contribution in [0, 0.1) is 11.6 Å². The van der Waals surface area contributed by atoms with Crippen LogP contribution in [0.25, 0.3) is 0 Å². The molecule has 4 rings (SSSR count). The van der Waals surface area contributed by atoms with E-state index in [-0.39, 0.29) is 24.8 Å². The van der Waals surface area contributed by atoms with Gasteiger partial charge in [0.05, 0.1) is 5.56 Å². The number of benzene rings is 2. The van der Waals surface area contributed by atoms with Crippen LogP contribution in [0.5, 0.6) is 0 Å². The van der Waals surface area contributed by atoms with Crippen LogP contribution in [0.3, 0.4) is 0 Å². The number of piperazine rings is 1. The van der Waals surface area contributed by atoms with Crippen molar-refractivity contribution < 1.29 is 23.2 Å². The van der Waals surface area contributed by atoms with E-state index in [9.17, 15) is 23.2 Å². The van der Waals surface area contributed by atoms with Gasteiger partial charge < -0.3 is 15.5 Å². The highest BCUT2D eigenvalue weighted by Gasteiger charge is 2.46. The number of hydrogen-bond acceptors (Lipinski definition) is 3. The first-order valence-corrected chi connectivity index (χ1v) is 9.33. The van der Waals surface area contributed by atoms with E-state index in [1.54, 1.807) is 0 Å². The number of nitrogens with zero attached hydrogens (tertiary/aromatic N) is 1. The molecule has 150 valence electrons. The van der Waals surface area contributed by atoms with Gasteiger partial charge >= 0.3 is 0 Å². The summed E-state index contributed by atoms with van der Waals surface area (Å²) in [5.74, 6) is -2.83. The molecule has 0 aliphatic carbocycles. The van der Waals surface area contributed by atoms with Gasteiger partial charge in [0.2, 0.25) is 11.8 Å². The van der Waals surface area contributed by atoms with Gasteiger partial charge in [0, 0.05) is 19.0 Å². The highest BCUT2D eigenvalue weighted by molar-refractivity contribution is 5.98. The molecule has 0 bridgehead atoms. The minimum atomic E-state index is -0.837. The maximum atomic E-state index is 13.8. The van der Waals surface area contributed by atoms with Crippen molar-refractivity contribution in [2.75, 3.05) is 6.54 Å². The highest BCUT2D eigenvalue weighted by atomic mass is 19.1. The Kier molecular flexibility index (Phi) is 5.00. The van der Waals surface area contributed by atoms with E-state index >= 15 is 0 Å². The molecule has 6 nitrogen and oxygen atoms in total. The Bertz CT molecular complexity index is 967. The average Bonchev–Trinajstić information content (AvgIpc) is 3.13. The summed E-state index contributed by atoms with van der Waals surface area (Å²) < 4.78 is 27.2. The molecule has 2 aliphatic heterocycles. The van der Waals surface area contributed by atoms with Crippen molar-refractivity contribution >= 4 is 17.7 Å². The third-order valence-electron chi connectivity index (χ3n) is 5.29. The van der Waals surface area contributed by atoms with E-state index in [4.69, 9.17) is 0 Å². The van der Waals surface area contributed by atoms with Gasteiger partial charge in [-0.2, -0.15) is 0 Å². The Hall–Kier alpha value is -3.29. The third kappa shape index (κ3) is 3.83. The lowest BCUT2D eigenvalue weighted by Crippen LogP contribution is -2.61. The Balaban J connectivity index is 1.44. The zero-order chi connectivity index (χ0) is 20.5. The summed E-state index contributed by atoms with van der Waals surface area (Å²) in [6, 6.07) is 10.1. The van der Waals surface area contributed by atoms with Gasteiger partial charge in [-0.25, -0.2) is 8.78 Å². The number of nitrogens with one attached hydrogen (secondary N) is 2. The Morgan fingerprint density at radius 1 is 1.14 bits per heavy atom. The SMILES string of the molecule is O=C(N[C@H]1C[C@H]2C(=O)N[C@H](Cc3ccccc3)C(=O)N2C1)c1cc(F)ccc1F. The van der Waals surface area contributed by atoms with Crippen LogP contribution >= 0.6 is 0 Å². The van der Waals surface area contributed by atoms with E-state index in [0.717, 1.165) is 23.8 Å². The number of hydrogen-bond donors (Lipinski definition) is 2. The minimum absolute atomic E-state index is 0.144. The van der Waals surface area contributed by atoms with E-state index in [2.05, 4.69) is 10.6 Å². The Labute approximate surface area is 165 Å². The molecule has 29 heavy (non-hydrogen) atoms. The minimum Gasteiger partial charge on any atom is -0.347 e. The highest BCUT2D eigenvalue weighted by Crippen LogP contribution is 2.24. The zero-order valence-corrected chi connectivity index (χ0v) is 15.4. The fourth-order valence-electron chi connectivity index (χ4n) is 3.89. The Morgan fingerprint density at radius 3 is 2.66 bits per heavy atom. The van der Waals surface area contributed by atoms with Crippen molar-refractivity contribution in [1.82, 2.24) is 15.5 Å². The Morgan fingerprint density at radius 2 is 1.90 bits per heavy atom. The number of rotatable bonds is 4. The predicted molar refractivity (Wildman–Crippen MR) is 99.8 cm³/mol. The first-order chi connectivity index (χ1) is 13.9. The van der Waals surface area contributed by atoms with Gasteiger partial charge in [-0.15, -0.1) is 0 Å². The molecule has 2 aromatic rings. The van der Waals surface area contributed by atoms with Crippen LogP contribution in [0.1, 0.15) is 22.3 Å². The van der Waals surface area contributed by atoms with Crippen molar-refractivity contribution in [3.8, 4) is 0 Å². The molecule has 2 aliphatic rings. The van der Waals surface area contributed by atoms with Crippen LogP contribution in [-0.4, -0.2) is 47.3 Å². The van der Waals surface area contributed by atoms with Crippen LogP contribution in [-0.2, 0) is 16.0 Å². The molecule has 2 heterocycles. The summed E-state index contributed by atoms with van der Waals surface area (Å²) in [7, 11) is 0. The smallest absolute Gasteiger partial charge is 0.254 e. The number of carbonyl (C=O) groups is 3. The van der Waals surface area contributed by atoms with Gasteiger partial charge in [0.1, 0.15) is 23.7 Å². The summed E-state index contributed by atoms with van der Waals surface area (Å²) in [5.41, 5.74) is 0.517. The van der Waals surface area contributed by atoms with E-state index in [1.807, 2.05) is 30.3 Å². The lowest BCUT2D eigenvalue weighted by Gasteiger charge is -2.34. The standard InChI is InChI=1S/C21H19F2N3O3/c22-13-6-7-16(23)15(9-13)19(27)24-14-10-18-20(28)25-17(21(29)26(18)11-14)8-12-4-2-1-3-5-12/h1-7,9,14,17-18H,8,10-11H2,(H,24,27)(H,25,28)/t14-,17+,18-/m0/s1. The summed E-state index contributed by atoms with van der Waals surface area (Å²) >= 11 is 0. The number of halogens is 2. The lowest BCUT2D eigenvalue weighted by molar-refractivity contribution is -0.147. The molecule has 8 heteroatoms. The van der Waals surface area contributed by atoms with Crippen LogP contribution < -0.4 is 10.6 Å². The van der Waals surface area contributed by atoms with Gasteiger partial charge in [-0.3, -0.25) is 14.4 Å². The lowest BCUT2D eigenvalue weighted by atomic mass is 10.0. The second-order valence-corrected chi connectivity index (χ2v) is 7.29. The second kappa shape index (κ2) is 7.62. The molecule has 0 spiro atoms. The number of fused-ring (bicyclic) bond motifs is 1. The molecule has 0 unspecified atom stereocenters. The molecule has 2 N–H and O–H groups in total. The van der Waals surface area contributed by atoms with Crippen molar-refractivity contribution in [3.63, 3.8) is 0 Å². The van der Waals surface area contributed by atoms with Gasteiger partial charge in [0.15, 0.2) is 0 Å². The van der Waals surface area contributed by atoms with Crippen LogP contribution in [0.4, 0.5) is 8.78 Å². The number of carbonyl (C=O) groups excluding carboxylic acids is 3. The van der Waals surface area contributed by atoms with Gasteiger partial charge in [0.25, 0.3) is 5.91 Å². The maximum Gasteiger partial charge on any atom is 0.254 e. The first kappa shape index (κ1) is 19.0.